The summed E-state index contributed by atoms with van der Waals surface area (Å²) in [4.78, 5) is 4.54. The van der Waals surface area contributed by atoms with Crippen LogP contribution in [0.25, 0.3) is 10.9 Å². The Morgan fingerprint density at radius 2 is 1.75 bits per heavy atom. The maximum atomic E-state index is 8.67. The number of aromatic nitrogens is 1. The van der Waals surface area contributed by atoms with Gasteiger partial charge in [0.15, 0.2) is 0 Å². The maximum absolute atomic E-state index is 8.67. The van der Waals surface area contributed by atoms with Crippen molar-refractivity contribution >= 4 is 22.9 Å². The Morgan fingerprint density at radius 1 is 0.950 bits per heavy atom. The summed E-state index contributed by atoms with van der Waals surface area (Å²) in [7, 11) is 0. The number of fused-ring (bicyclic) bond motifs is 1. The topological polar surface area (TPSA) is 42.4 Å². The number of pyridine rings is 1. The van der Waals surface area contributed by atoms with Crippen molar-refractivity contribution in [3.63, 3.8) is 0 Å². The summed E-state index contributed by atoms with van der Waals surface area (Å²) in [5.41, 5.74) is 1.00. The van der Waals surface area contributed by atoms with Crippen molar-refractivity contribution in [2.24, 2.45) is 0 Å². The molecule has 2 aromatic rings. The van der Waals surface area contributed by atoms with Crippen LogP contribution in [0.2, 0.25) is 0 Å². The summed E-state index contributed by atoms with van der Waals surface area (Å²) in [5.74, 6) is 0. The van der Waals surface area contributed by atoms with Crippen molar-refractivity contribution < 1.29 is 9.29 Å². The minimum absolute atomic E-state index is 0.306. The van der Waals surface area contributed by atoms with Crippen LogP contribution in [-0.4, -0.2) is 23.3 Å². The zero-order valence-electron chi connectivity index (χ0n) is 11.6. The fraction of sp³-hybridized carbons (Fsp3) is 0.438. The van der Waals surface area contributed by atoms with Crippen LogP contribution in [0.1, 0.15) is 32.1 Å². The van der Waals surface area contributed by atoms with E-state index in [1.54, 1.807) is 0 Å². The molecule has 108 valence electrons. The Balaban J connectivity index is 1.65. The monoisotopic (exact) mass is 291 g/mol. The number of nitrogens with zero attached hydrogens (tertiary/aromatic N) is 1. The molecule has 0 spiro atoms. The quantitative estimate of drug-likeness (QED) is 0.555. The van der Waals surface area contributed by atoms with Gasteiger partial charge >= 0.3 is 0 Å². The van der Waals surface area contributed by atoms with E-state index in [0.717, 1.165) is 48.2 Å². The van der Waals surface area contributed by atoms with Crippen LogP contribution in [0.3, 0.4) is 0 Å². The van der Waals surface area contributed by atoms with E-state index in [4.69, 9.17) is 9.29 Å². The summed E-state index contributed by atoms with van der Waals surface area (Å²) < 4.78 is 5.58. The third kappa shape index (κ3) is 5.12. The van der Waals surface area contributed by atoms with Crippen LogP contribution in [0.15, 0.2) is 41.4 Å². The zero-order chi connectivity index (χ0) is 14.0. The summed E-state index contributed by atoms with van der Waals surface area (Å²) in [6.45, 7) is 1.05. The summed E-state index contributed by atoms with van der Waals surface area (Å²) >= 11 is 1.35. The standard InChI is InChI=1S/C16H21NO2S/c18-12-6-2-1-3-7-13-19-20-16-11-10-14-8-4-5-9-15(14)17-16/h4-5,8-11,18H,1-3,6-7,12-13H2. The molecule has 0 aliphatic carbocycles. The molecule has 0 amide bonds. The summed E-state index contributed by atoms with van der Waals surface area (Å²) in [5, 5.41) is 10.7. The highest BCUT2D eigenvalue weighted by molar-refractivity contribution is 7.94. The van der Waals surface area contributed by atoms with Crippen molar-refractivity contribution in [3.05, 3.63) is 36.4 Å². The Morgan fingerprint density at radius 3 is 2.65 bits per heavy atom. The van der Waals surface area contributed by atoms with E-state index < -0.39 is 0 Å². The molecule has 0 saturated heterocycles. The highest BCUT2D eigenvalue weighted by Crippen LogP contribution is 2.21. The maximum Gasteiger partial charge on any atom is 0.124 e. The molecule has 0 saturated carbocycles. The molecule has 0 bridgehead atoms. The molecule has 0 aliphatic rings. The van der Waals surface area contributed by atoms with Gasteiger partial charge in [0.1, 0.15) is 5.03 Å². The normalized spacial score (nSPS) is 11.1. The molecule has 0 unspecified atom stereocenters. The van der Waals surface area contributed by atoms with Gasteiger partial charge in [-0.25, -0.2) is 4.98 Å². The van der Waals surface area contributed by atoms with Gasteiger partial charge in [0.2, 0.25) is 0 Å². The molecule has 4 heteroatoms. The van der Waals surface area contributed by atoms with E-state index in [-0.39, 0.29) is 0 Å². The Kier molecular flexibility index (Phi) is 6.84. The Labute approximate surface area is 124 Å². The van der Waals surface area contributed by atoms with E-state index >= 15 is 0 Å². The van der Waals surface area contributed by atoms with Gasteiger partial charge in [-0.05, 0) is 25.0 Å². The highest BCUT2D eigenvalue weighted by Gasteiger charge is 1.99. The lowest BCUT2D eigenvalue weighted by atomic mass is 10.2. The Bertz CT molecular complexity index is 519. The average Bonchev–Trinajstić information content (AvgIpc) is 2.50. The predicted octanol–water partition coefficient (Wildman–Crippen LogP) is 4.20. The molecule has 1 aromatic carbocycles. The van der Waals surface area contributed by atoms with Crippen LogP contribution in [-0.2, 0) is 4.18 Å². The van der Waals surface area contributed by atoms with Crippen LogP contribution >= 0.6 is 12.0 Å². The van der Waals surface area contributed by atoms with Gasteiger partial charge in [0, 0.05) is 24.0 Å². The number of hydrogen-bond acceptors (Lipinski definition) is 4. The summed E-state index contributed by atoms with van der Waals surface area (Å²) in [6, 6.07) is 12.2. The molecule has 0 aliphatic heterocycles. The molecule has 0 radical (unpaired) electrons. The highest BCUT2D eigenvalue weighted by atomic mass is 32.2. The number of rotatable bonds is 9. The molecule has 3 nitrogen and oxygen atoms in total. The lowest BCUT2D eigenvalue weighted by Gasteiger charge is -2.04. The number of benzene rings is 1. The first-order valence-corrected chi connectivity index (χ1v) is 7.90. The second-order valence-corrected chi connectivity index (χ2v) is 5.56. The second kappa shape index (κ2) is 8.95. The molecular weight excluding hydrogens is 270 g/mol. The first kappa shape index (κ1) is 15.3. The molecule has 0 fully saturated rings. The van der Waals surface area contributed by atoms with Crippen LogP contribution in [0.4, 0.5) is 0 Å². The van der Waals surface area contributed by atoms with Crippen molar-refractivity contribution in [2.75, 3.05) is 13.2 Å². The lowest BCUT2D eigenvalue weighted by molar-refractivity contribution is 0.281. The fourth-order valence-electron chi connectivity index (χ4n) is 2.00. The van der Waals surface area contributed by atoms with Crippen molar-refractivity contribution in [1.82, 2.24) is 4.98 Å². The van der Waals surface area contributed by atoms with Crippen LogP contribution in [0.5, 0.6) is 0 Å². The average molecular weight is 291 g/mol. The number of aliphatic hydroxyl groups is 1. The molecule has 1 heterocycles. The minimum Gasteiger partial charge on any atom is -0.396 e. The van der Waals surface area contributed by atoms with Crippen LogP contribution < -0.4 is 0 Å². The van der Waals surface area contributed by atoms with E-state index in [0.29, 0.717) is 6.61 Å². The molecule has 20 heavy (non-hydrogen) atoms. The van der Waals surface area contributed by atoms with Crippen molar-refractivity contribution in [3.8, 4) is 0 Å². The molecule has 2 rings (SSSR count). The number of aliphatic hydroxyl groups excluding tert-OH is 1. The number of unbranched alkanes of at least 4 members (excludes halogenated alkanes) is 4. The van der Waals surface area contributed by atoms with E-state index in [1.165, 1.54) is 18.5 Å². The van der Waals surface area contributed by atoms with Gasteiger partial charge in [0.25, 0.3) is 0 Å². The first-order valence-electron chi connectivity index (χ1n) is 7.16. The molecule has 1 N–H and O–H groups in total. The Hall–Kier alpha value is -1.10. The lowest BCUT2D eigenvalue weighted by Crippen LogP contribution is -1.90. The SMILES string of the molecule is OCCCCCCCOSc1ccc2ccccc2n1. The van der Waals surface area contributed by atoms with Gasteiger partial charge < -0.3 is 9.29 Å². The third-order valence-corrected chi connectivity index (χ3v) is 3.79. The van der Waals surface area contributed by atoms with Crippen molar-refractivity contribution in [1.29, 1.82) is 0 Å². The van der Waals surface area contributed by atoms with E-state index in [1.807, 2.05) is 24.3 Å². The third-order valence-electron chi connectivity index (χ3n) is 3.10. The number of para-hydroxylation sites is 1. The molecule has 1 aromatic heterocycles. The molecule has 0 atom stereocenters. The second-order valence-electron chi connectivity index (χ2n) is 4.74. The van der Waals surface area contributed by atoms with Gasteiger partial charge in [0.05, 0.1) is 12.1 Å². The first-order chi connectivity index (χ1) is 9.90. The minimum atomic E-state index is 0.306. The number of hydrogen-bond donors (Lipinski definition) is 1. The van der Waals surface area contributed by atoms with Gasteiger partial charge in [-0.15, -0.1) is 0 Å². The van der Waals surface area contributed by atoms with Gasteiger partial charge in [-0.1, -0.05) is 43.5 Å². The molecular formula is C16H21NO2S. The smallest absolute Gasteiger partial charge is 0.124 e. The van der Waals surface area contributed by atoms with E-state index in [9.17, 15) is 0 Å². The van der Waals surface area contributed by atoms with Gasteiger partial charge in [-0.2, -0.15) is 0 Å². The largest absolute Gasteiger partial charge is 0.396 e. The van der Waals surface area contributed by atoms with E-state index in [2.05, 4.69) is 17.1 Å². The fourth-order valence-corrected chi connectivity index (χ4v) is 2.58. The predicted molar refractivity (Wildman–Crippen MR) is 83.7 cm³/mol. The zero-order valence-corrected chi connectivity index (χ0v) is 12.4. The summed E-state index contributed by atoms with van der Waals surface area (Å²) in [6.07, 6.45) is 5.41. The van der Waals surface area contributed by atoms with Crippen molar-refractivity contribution in [2.45, 2.75) is 37.1 Å². The van der Waals surface area contributed by atoms with Gasteiger partial charge in [-0.3, -0.25) is 0 Å². The van der Waals surface area contributed by atoms with Crippen LogP contribution in [0, 0.1) is 0 Å².